The summed E-state index contributed by atoms with van der Waals surface area (Å²) >= 11 is 9.20. The molecular weight excluding hydrogens is 330 g/mol. The fourth-order valence-electron chi connectivity index (χ4n) is 1.53. The SMILES string of the molecule is N#Cc1cc(CO)ccc1Oc1ccc(Cl)cc1Br. The van der Waals surface area contributed by atoms with E-state index in [0.717, 1.165) is 0 Å². The first-order valence-corrected chi connectivity index (χ1v) is 6.58. The van der Waals surface area contributed by atoms with Crippen molar-refractivity contribution in [1.82, 2.24) is 0 Å². The summed E-state index contributed by atoms with van der Waals surface area (Å²) in [6.07, 6.45) is 0. The first kappa shape index (κ1) is 13.9. The van der Waals surface area contributed by atoms with Crippen LogP contribution in [-0.4, -0.2) is 5.11 Å². The zero-order valence-electron chi connectivity index (χ0n) is 9.73. The zero-order valence-corrected chi connectivity index (χ0v) is 12.1. The van der Waals surface area contributed by atoms with Crippen LogP contribution in [0.1, 0.15) is 11.1 Å². The molecule has 1 N–H and O–H groups in total. The number of halogens is 2. The Bertz CT molecular complexity index is 652. The molecule has 0 saturated heterocycles. The summed E-state index contributed by atoms with van der Waals surface area (Å²) in [6.45, 7) is -0.112. The van der Waals surface area contributed by atoms with Crippen molar-refractivity contribution in [3.05, 3.63) is 57.0 Å². The molecule has 0 saturated carbocycles. The van der Waals surface area contributed by atoms with Crippen molar-refractivity contribution in [1.29, 1.82) is 5.26 Å². The fraction of sp³-hybridized carbons (Fsp3) is 0.0714. The van der Waals surface area contributed by atoms with Crippen LogP contribution in [0, 0.1) is 11.3 Å². The van der Waals surface area contributed by atoms with Gasteiger partial charge >= 0.3 is 0 Å². The number of nitrogens with zero attached hydrogens (tertiary/aromatic N) is 1. The first-order chi connectivity index (χ1) is 9.13. The van der Waals surface area contributed by atoms with Crippen LogP contribution in [0.2, 0.25) is 5.02 Å². The number of benzene rings is 2. The Morgan fingerprint density at radius 2 is 1.95 bits per heavy atom. The van der Waals surface area contributed by atoms with E-state index in [1.54, 1.807) is 36.4 Å². The molecule has 0 atom stereocenters. The lowest BCUT2D eigenvalue weighted by atomic mass is 10.1. The third-order valence-corrected chi connectivity index (χ3v) is 3.32. The highest BCUT2D eigenvalue weighted by Gasteiger charge is 2.08. The van der Waals surface area contributed by atoms with Gasteiger partial charge in [0.15, 0.2) is 0 Å². The molecule has 0 radical (unpaired) electrons. The molecule has 2 aromatic rings. The van der Waals surface area contributed by atoms with Gasteiger partial charge in [-0.2, -0.15) is 5.26 Å². The minimum Gasteiger partial charge on any atom is -0.455 e. The van der Waals surface area contributed by atoms with Crippen LogP contribution in [0.4, 0.5) is 0 Å². The third kappa shape index (κ3) is 3.27. The fourth-order valence-corrected chi connectivity index (χ4v) is 2.29. The Balaban J connectivity index is 2.35. The van der Waals surface area contributed by atoms with Crippen LogP contribution >= 0.6 is 27.5 Å². The number of hydrogen-bond donors (Lipinski definition) is 1. The van der Waals surface area contributed by atoms with Gasteiger partial charge in [0, 0.05) is 5.02 Å². The largest absolute Gasteiger partial charge is 0.455 e. The Hall–Kier alpha value is -1.54. The van der Waals surface area contributed by atoms with E-state index in [9.17, 15) is 0 Å². The van der Waals surface area contributed by atoms with E-state index in [1.807, 2.05) is 6.07 Å². The van der Waals surface area contributed by atoms with E-state index in [2.05, 4.69) is 15.9 Å². The highest BCUT2D eigenvalue weighted by Crippen LogP contribution is 2.33. The lowest BCUT2D eigenvalue weighted by Crippen LogP contribution is -1.92. The molecule has 0 heterocycles. The van der Waals surface area contributed by atoms with Gasteiger partial charge in [-0.1, -0.05) is 17.7 Å². The van der Waals surface area contributed by atoms with E-state index in [0.29, 0.717) is 32.1 Å². The van der Waals surface area contributed by atoms with Crippen LogP contribution in [-0.2, 0) is 6.61 Å². The first-order valence-electron chi connectivity index (χ1n) is 5.41. The summed E-state index contributed by atoms with van der Waals surface area (Å²) < 4.78 is 6.38. The maximum Gasteiger partial charge on any atom is 0.145 e. The molecule has 96 valence electrons. The van der Waals surface area contributed by atoms with Crippen LogP contribution in [0.15, 0.2) is 40.9 Å². The van der Waals surface area contributed by atoms with Crippen molar-refractivity contribution in [2.24, 2.45) is 0 Å². The van der Waals surface area contributed by atoms with Crippen molar-refractivity contribution >= 4 is 27.5 Å². The van der Waals surface area contributed by atoms with Crippen LogP contribution in [0.3, 0.4) is 0 Å². The lowest BCUT2D eigenvalue weighted by Gasteiger charge is -2.10. The molecule has 2 aromatic carbocycles. The number of nitriles is 1. The minimum atomic E-state index is -0.112. The molecule has 0 aliphatic heterocycles. The predicted octanol–water partition coefficient (Wildman–Crippen LogP) is 4.26. The molecule has 0 aliphatic rings. The standard InChI is InChI=1S/C14H9BrClNO2/c15-12-6-11(16)2-4-14(12)19-13-3-1-9(8-18)5-10(13)7-17/h1-6,18H,8H2. The Kier molecular flexibility index (Phi) is 4.43. The summed E-state index contributed by atoms with van der Waals surface area (Å²) in [7, 11) is 0. The van der Waals surface area contributed by atoms with Crippen molar-refractivity contribution < 1.29 is 9.84 Å². The van der Waals surface area contributed by atoms with Crippen LogP contribution in [0.25, 0.3) is 0 Å². The topological polar surface area (TPSA) is 53.2 Å². The molecule has 0 bridgehead atoms. The van der Waals surface area contributed by atoms with Gasteiger partial charge in [0.25, 0.3) is 0 Å². The molecule has 2 rings (SSSR count). The van der Waals surface area contributed by atoms with Gasteiger partial charge < -0.3 is 9.84 Å². The van der Waals surface area contributed by atoms with E-state index in [1.165, 1.54) is 0 Å². The molecule has 0 aliphatic carbocycles. The Morgan fingerprint density at radius 3 is 2.58 bits per heavy atom. The molecule has 0 amide bonds. The average molecular weight is 339 g/mol. The Labute approximate surface area is 124 Å². The van der Waals surface area contributed by atoms with Crippen LogP contribution < -0.4 is 4.74 Å². The minimum absolute atomic E-state index is 0.112. The van der Waals surface area contributed by atoms with Gasteiger partial charge in [-0.05, 0) is 51.8 Å². The van der Waals surface area contributed by atoms with Gasteiger partial charge in [-0.25, -0.2) is 0 Å². The quantitative estimate of drug-likeness (QED) is 0.910. The van der Waals surface area contributed by atoms with Crippen LogP contribution in [0.5, 0.6) is 11.5 Å². The summed E-state index contributed by atoms with van der Waals surface area (Å²) in [5, 5.41) is 18.7. The molecule has 3 nitrogen and oxygen atoms in total. The summed E-state index contributed by atoms with van der Waals surface area (Å²) in [5.74, 6) is 1.00. The number of aliphatic hydroxyl groups excluding tert-OH is 1. The molecule has 5 heteroatoms. The second-order valence-electron chi connectivity index (χ2n) is 3.78. The molecule has 0 fully saturated rings. The summed E-state index contributed by atoms with van der Waals surface area (Å²) in [5.41, 5.74) is 1.03. The maximum absolute atomic E-state index is 9.09. The Morgan fingerprint density at radius 1 is 1.21 bits per heavy atom. The number of hydrogen-bond acceptors (Lipinski definition) is 3. The van der Waals surface area contributed by atoms with Gasteiger partial charge in [0.2, 0.25) is 0 Å². The molecule has 0 spiro atoms. The summed E-state index contributed by atoms with van der Waals surface area (Å²) in [4.78, 5) is 0. The molecule has 0 aromatic heterocycles. The van der Waals surface area contributed by atoms with E-state index >= 15 is 0 Å². The highest BCUT2D eigenvalue weighted by molar-refractivity contribution is 9.10. The summed E-state index contributed by atoms with van der Waals surface area (Å²) in [6, 6.07) is 12.1. The average Bonchev–Trinajstić information content (AvgIpc) is 2.42. The van der Waals surface area contributed by atoms with Gasteiger partial charge in [-0.15, -0.1) is 0 Å². The second-order valence-corrected chi connectivity index (χ2v) is 5.07. The van der Waals surface area contributed by atoms with E-state index < -0.39 is 0 Å². The zero-order chi connectivity index (χ0) is 13.8. The smallest absolute Gasteiger partial charge is 0.145 e. The van der Waals surface area contributed by atoms with Crippen molar-refractivity contribution in [3.63, 3.8) is 0 Å². The molecule has 0 unspecified atom stereocenters. The van der Waals surface area contributed by atoms with Crippen molar-refractivity contribution in [3.8, 4) is 17.6 Å². The third-order valence-electron chi connectivity index (χ3n) is 2.46. The van der Waals surface area contributed by atoms with Crippen molar-refractivity contribution in [2.45, 2.75) is 6.61 Å². The van der Waals surface area contributed by atoms with Gasteiger partial charge in [0.1, 0.15) is 17.6 Å². The van der Waals surface area contributed by atoms with Gasteiger partial charge in [0.05, 0.1) is 16.6 Å². The number of rotatable bonds is 3. The number of aliphatic hydroxyl groups is 1. The number of ether oxygens (including phenoxy) is 1. The monoisotopic (exact) mass is 337 g/mol. The predicted molar refractivity (Wildman–Crippen MR) is 76.3 cm³/mol. The maximum atomic E-state index is 9.09. The van der Waals surface area contributed by atoms with E-state index in [4.69, 9.17) is 26.7 Å². The lowest BCUT2D eigenvalue weighted by molar-refractivity contribution is 0.281. The molecule has 19 heavy (non-hydrogen) atoms. The van der Waals surface area contributed by atoms with E-state index in [-0.39, 0.29) is 6.61 Å². The van der Waals surface area contributed by atoms with Crippen molar-refractivity contribution in [2.75, 3.05) is 0 Å². The normalized spacial score (nSPS) is 10.0. The molecular formula is C14H9BrClNO2. The van der Waals surface area contributed by atoms with Gasteiger partial charge in [-0.3, -0.25) is 0 Å². The second kappa shape index (κ2) is 6.07. The highest BCUT2D eigenvalue weighted by atomic mass is 79.9.